The van der Waals surface area contributed by atoms with Gasteiger partial charge in [-0.3, -0.25) is 14.5 Å². The highest BCUT2D eigenvalue weighted by molar-refractivity contribution is 5.92. The zero-order chi connectivity index (χ0) is 16.6. The van der Waals surface area contributed by atoms with Gasteiger partial charge >= 0.3 is 0 Å². The lowest BCUT2D eigenvalue weighted by atomic mass is 10.1. The first-order chi connectivity index (χ1) is 11.0. The first-order valence-electron chi connectivity index (χ1n) is 7.97. The Kier molecular flexibility index (Phi) is 4.41. The molecule has 2 saturated heterocycles. The summed E-state index contributed by atoms with van der Waals surface area (Å²) in [5.74, 6) is 1.09. The van der Waals surface area contributed by atoms with Crippen molar-refractivity contribution in [1.29, 1.82) is 0 Å². The third-order valence-corrected chi connectivity index (χ3v) is 4.51. The number of rotatable bonds is 3. The van der Waals surface area contributed by atoms with E-state index < -0.39 is 0 Å². The van der Waals surface area contributed by atoms with Crippen LogP contribution in [0.25, 0.3) is 0 Å². The van der Waals surface area contributed by atoms with Gasteiger partial charge in [-0.2, -0.15) is 0 Å². The Bertz CT molecular complexity index is 598. The minimum absolute atomic E-state index is 0.0986. The van der Waals surface area contributed by atoms with E-state index in [0.717, 1.165) is 25.4 Å². The molecule has 0 aliphatic carbocycles. The fourth-order valence-corrected chi connectivity index (χ4v) is 3.20. The standard InChI is InChI=1S/C16H24N4O3/c1-17(2)10-12-4-5-14(23-12)16(22)20-9-8-19-7-6-18(3)15(21)13(19)11-20/h4-5,13H,6-11H2,1-3H3. The monoisotopic (exact) mass is 320 g/mol. The average Bonchev–Trinajstić information content (AvgIpc) is 2.97. The molecule has 1 aromatic heterocycles. The molecular formula is C16H24N4O3. The van der Waals surface area contributed by atoms with Gasteiger partial charge in [0.25, 0.3) is 5.91 Å². The highest BCUT2D eigenvalue weighted by Gasteiger charge is 2.39. The van der Waals surface area contributed by atoms with Gasteiger partial charge in [-0.1, -0.05) is 0 Å². The van der Waals surface area contributed by atoms with E-state index in [1.807, 2.05) is 32.1 Å². The van der Waals surface area contributed by atoms with Crippen molar-refractivity contribution in [3.8, 4) is 0 Å². The smallest absolute Gasteiger partial charge is 0.289 e. The molecule has 1 atom stereocenters. The minimum Gasteiger partial charge on any atom is -0.455 e. The third kappa shape index (κ3) is 3.25. The van der Waals surface area contributed by atoms with Crippen LogP contribution in [-0.4, -0.2) is 91.3 Å². The van der Waals surface area contributed by atoms with Crippen LogP contribution in [0.4, 0.5) is 0 Å². The van der Waals surface area contributed by atoms with Crippen LogP contribution in [0.1, 0.15) is 16.3 Å². The number of carbonyl (C=O) groups excluding carboxylic acids is 2. The zero-order valence-corrected chi connectivity index (χ0v) is 14.0. The van der Waals surface area contributed by atoms with Crippen molar-refractivity contribution in [3.63, 3.8) is 0 Å². The predicted octanol–water partition coefficient (Wildman–Crippen LogP) is -0.0604. The SMILES string of the molecule is CN(C)Cc1ccc(C(=O)N2CCN3CCN(C)C(=O)C3C2)o1. The van der Waals surface area contributed by atoms with E-state index in [9.17, 15) is 9.59 Å². The predicted molar refractivity (Wildman–Crippen MR) is 85.0 cm³/mol. The first kappa shape index (κ1) is 16.0. The van der Waals surface area contributed by atoms with Gasteiger partial charge in [0.05, 0.1) is 6.54 Å². The first-order valence-corrected chi connectivity index (χ1v) is 7.97. The average molecular weight is 320 g/mol. The molecule has 1 aromatic rings. The number of nitrogens with zero attached hydrogens (tertiary/aromatic N) is 4. The van der Waals surface area contributed by atoms with Crippen molar-refractivity contribution in [1.82, 2.24) is 19.6 Å². The molecule has 7 nitrogen and oxygen atoms in total. The summed E-state index contributed by atoms with van der Waals surface area (Å²) >= 11 is 0. The lowest BCUT2D eigenvalue weighted by Gasteiger charge is -2.45. The van der Waals surface area contributed by atoms with Gasteiger partial charge < -0.3 is 19.1 Å². The summed E-state index contributed by atoms with van der Waals surface area (Å²) in [6.07, 6.45) is 0. The summed E-state index contributed by atoms with van der Waals surface area (Å²) in [6, 6.07) is 3.34. The molecule has 1 unspecified atom stereocenters. The topological polar surface area (TPSA) is 60.2 Å². The minimum atomic E-state index is -0.220. The summed E-state index contributed by atoms with van der Waals surface area (Å²) in [4.78, 5) is 32.6. The van der Waals surface area contributed by atoms with Crippen LogP contribution in [0, 0.1) is 0 Å². The molecule has 23 heavy (non-hydrogen) atoms. The molecular weight excluding hydrogens is 296 g/mol. The molecule has 0 aromatic carbocycles. The van der Waals surface area contributed by atoms with Crippen molar-refractivity contribution in [2.24, 2.45) is 0 Å². The lowest BCUT2D eigenvalue weighted by Crippen LogP contribution is -2.64. The van der Waals surface area contributed by atoms with Crippen LogP contribution < -0.4 is 0 Å². The fraction of sp³-hybridized carbons (Fsp3) is 0.625. The molecule has 3 heterocycles. The molecule has 0 radical (unpaired) electrons. The second-order valence-corrected chi connectivity index (χ2v) is 6.57. The van der Waals surface area contributed by atoms with Gasteiger partial charge in [0.1, 0.15) is 11.8 Å². The van der Waals surface area contributed by atoms with Crippen molar-refractivity contribution in [2.45, 2.75) is 12.6 Å². The van der Waals surface area contributed by atoms with Gasteiger partial charge in [0.15, 0.2) is 5.76 Å². The normalized spacial score (nSPS) is 22.6. The number of likely N-dealkylation sites (N-methyl/N-ethyl adjacent to an activating group) is 1. The van der Waals surface area contributed by atoms with E-state index in [1.165, 1.54) is 0 Å². The van der Waals surface area contributed by atoms with Crippen LogP contribution in [0.3, 0.4) is 0 Å². The van der Waals surface area contributed by atoms with E-state index in [2.05, 4.69) is 4.90 Å². The van der Waals surface area contributed by atoms with Gasteiger partial charge in [0.2, 0.25) is 5.91 Å². The Morgan fingerprint density at radius 3 is 2.74 bits per heavy atom. The van der Waals surface area contributed by atoms with Crippen molar-refractivity contribution < 1.29 is 14.0 Å². The van der Waals surface area contributed by atoms with Crippen LogP contribution in [-0.2, 0) is 11.3 Å². The Morgan fingerprint density at radius 1 is 1.26 bits per heavy atom. The second-order valence-electron chi connectivity index (χ2n) is 6.57. The number of fused-ring (bicyclic) bond motifs is 1. The Morgan fingerprint density at radius 2 is 2.00 bits per heavy atom. The number of piperazine rings is 2. The maximum Gasteiger partial charge on any atom is 0.289 e. The van der Waals surface area contributed by atoms with Crippen molar-refractivity contribution >= 4 is 11.8 Å². The maximum atomic E-state index is 12.6. The molecule has 2 fully saturated rings. The zero-order valence-electron chi connectivity index (χ0n) is 14.0. The number of carbonyl (C=O) groups is 2. The molecule has 126 valence electrons. The molecule has 0 N–H and O–H groups in total. The molecule has 0 spiro atoms. The number of hydrogen-bond donors (Lipinski definition) is 0. The van der Waals surface area contributed by atoms with Crippen molar-refractivity contribution in [2.75, 3.05) is 53.9 Å². The van der Waals surface area contributed by atoms with Crippen LogP contribution in [0.2, 0.25) is 0 Å². The van der Waals surface area contributed by atoms with E-state index in [0.29, 0.717) is 25.4 Å². The van der Waals surface area contributed by atoms with Gasteiger partial charge in [-0.25, -0.2) is 0 Å². The largest absolute Gasteiger partial charge is 0.455 e. The van der Waals surface area contributed by atoms with E-state index in [1.54, 1.807) is 15.9 Å². The molecule has 2 aliphatic rings. The maximum absolute atomic E-state index is 12.6. The summed E-state index contributed by atoms with van der Waals surface area (Å²) < 4.78 is 5.65. The highest BCUT2D eigenvalue weighted by atomic mass is 16.4. The van der Waals surface area contributed by atoms with E-state index in [4.69, 9.17) is 4.42 Å². The lowest BCUT2D eigenvalue weighted by molar-refractivity contribution is -0.142. The molecule has 0 bridgehead atoms. The number of furan rings is 1. The van der Waals surface area contributed by atoms with Gasteiger partial charge in [-0.15, -0.1) is 0 Å². The summed E-state index contributed by atoms with van der Waals surface area (Å²) in [5.41, 5.74) is 0. The number of amides is 2. The van der Waals surface area contributed by atoms with E-state index in [-0.39, 0.29) is 17.9 Å². The Hall–Kier alpha value is -1.86. The number of hydrogen-bond acceptors (Lipinski definition) is 5. The van der Waals surface area contributed by atoms with Crippen molar-refractivity contribution in [3.05, 3.63) is 23.7 Å². The van der Waals surface area contributed by atoms with Crippen LogP contribution in [0.5, 0.6) is 0 Å². The summed E-state index contributed by atoms with van der Waals surface area (Å²) in [6.45, 7) is 4.11. The fourth-order valence-electron chi connectivity index (χ4n) is 3.20. The van der Waals surface area contributed by atoms with Crippen LogP contribution >= 0.6 is 0 Å². The third-order valence-electron chi connectivity index (χ3n) is 4.51. The quantitative estimate of drug-likeness (QED) is 0.781. The summed E-state index contributed by atoms with van der Waals surface area (Å²) in [5, 5.41) is 0. The van der Waals surface area contributed by atoms with Gasteiger partial charge in [-0.05, 0) is 26.2 Å². The Labute approximate surface area is 136 Å². The van der Waals surface area contributed by atoms with Crippen LogP contribution in [0.15, 0.2) is 16.5 Å². The van der Waals surface area contributed by atoms with Gasteiger partial charge in [0, 0.05) is 39.8 Å². The van der Waals surface area contributed by atoms with E-state index >= 15 is 0 Å². The molecule has 2 aliphatic heterocycles. The molecule has 3 rings (SSSR count). The summed E-state index contributed by atoms with van der Waals surface area (Å²) in [7, 11) is 5.73. The molecule has 2 amide bonds. The molecule has 0 saturated carbocycles. The Balaban J connectivity index is 1.68. The second kappa shape index (κ2) is 6.33. The molecule has 7 heteroatoms. The highest BCUT2D eigenvalue weighted by Crippen LogP contribution is 2.19.